The predicted molar refractivity (Wildman–Crippen MR) is 110 cm³/mol. The lowest BCUT2D eigenvalue weighted by Crippen LogP contribution is -2.62. The van der Waals surface area contributed by atoms with Gasteiger partial charge in [0.15, 0.2) is 5.76 Å². The standard InChI is InChI=1S/C24H30O7/c1-14(25)30-12-23(4)19-7-8-24(13-31-15(2)26)17-11-29-10-16(17)5-6-20(24)22(19,3)9-18(27)21(23)28/h9-11,19-20,27H,5-8,12-13H2,1-4H3/t19-,20-,22+,23-,24-/m1/s1. The molecule has 0 saturated heterocycles. The summed E-state index contributed by atoms with van der Waals surface area (Å²) >= 11 is 0. The monoisotopic (exact) mass is 430 g/mol. The van der Waals surface area contributed by atoms with Crippen LogP contribution in [0.4, 0.5) is 0 Å². The number of ether oxygens (including phenoxy) is 2. The highest BCUT2D eigenvalue weighted by molar-refractivity contribution is 5.99. The highest BCUT2D eigenvalue weighted by Gasteiger charge is 2.65. The van der Waals surface area contributed by atoms with E-state index in [2.05, 4.69) is 6.92 Å². The third-order valence-electron chi connectivity index (χ3n) is 8.11. The third kappa shape index (κ3) is 3.12. The van der Waals surface area contributed by atoms with Gasteiger partial charge in [0, 0.05) is 24.8 Å². The first-order valence-corrected chi connectivity index (χ1v) is 10.8. The zero-order valence-electron chi connectivity index (χ0n) is 18.5. The number of hydrogen-bond acceptors (Lipinski definition) is 7. The van der Waals surface area contributed by atoms with Gasteiger partial charge in [0.1, 0.15) is 13.2 Å². The van der Waals surface area contributed by atoms with Crippen LogP contribution in [0.2, 0.25) is 0 Å². The summed E-state index contributed by atoms with van der Waals surface area (Å²) in [6.45, 7) is 6.74. The van der Waals surface area contributed by atoms with E-state index in [-0.39, 0.29) is 42.6 Å². The van der Waals surface area contributed by atoms with Gasteiger partial charge in [-0.2, -0.15) is 0 Å². The number of esters is 2. The molecule has 1 fully saturated rings. The Morgan fingerprint density at radius 2 is 1.77 bits per heavy atom. The lowest BCUT2D eigenvalue weighted by molar-refractivity contribution is -0.163. The summed E-state index contributed by atoms with van der Waals surface area (Å²) < 4.78 is 16.4. The number of ketones is 1. The molecule has 1 heterocycles. The maximum absolute atomic E-state index is 13.1. The van der Waals surface area contributed by atoms with Gasteiger partial charge >= 0.3 is 11.9 Å². The SMILES string of the molecule is CC(=O)OC[C@@]12CC[C@@H]3[C@](C)(C=C(O)C(=O)[C@]3(C)COC(C)=O)[C@H]1CCc1cocc12. The fourth-order valence-electron chi connectivity index (χ4n) is 6.80. The zero-order chi connectivity index (χ0) is 22.6. The number of aliphatic hydroxyl groups is 1. The van der Waals surface area contributed by atoms with Crippen molar-refractivity contribution in [3.8, 4) is 0 Å². The Morgan fingerprint density at radius 3 is 2.45 bits per heavy atom. The van der Waals surface area contributed by atoms with Gasteiger partial charge < -0.3 is 19.0 Å². The van der Waals surface area contributed by atoms with E-state index in [1.807, 2.05) is 0 Å². The van der Waals surface area contributed by atoms with Crippen molar-refractivity contribution in [3.63, 3.8) is 0 Å². The summed E-state index contributed by atoms with van der Waals surface area (Å²) in [4.78, 5) is 36.3. The zero-order valence-corrected chi connectivity index (χ0v) is 18.5. The first-order chi connectivity index (χ1) is 14.5. The molecule has 0 amide bonds. The molecule has 1 aromatic heterocycles. The lowest BCUT2D eigenvalue weighted by atomic mass is 9.41. The van der Waals surface area contributed by atoms with Gasteiger partial charge in [0.05, 0.1) is 17.9 Å². The summed E-state index contributed by atoms with van der Waals surface area (Å²) in [7, 11) is 0. The van der Waals surface area contributed by atoms with Crippen LogP contribution in [0.25, 0.3) is 0 Å². The van der Waals surface area contributed by atoms with E-state index < -0.39 is 22.2 Å². The molecular formula is C24H30O7. The molecule has 0 aliphatic heterocycles. The fraction of sp³-hybridized carbons (Fsp3) is 0.625. The molecule has 1 saturated carbocycles. The predicted octanol–water partition coefficient (Wildman–Crippen LogP) is 3.65. The number of aliphatic hydroxyl groups excluding tert-OH is 1. The molecule has 3 aliphatic carbocycles. The van der Waals surface area contributed by atoms with Crippen LogP contribution < -0.4 is 0 Å². The number of carbonyl (C=O) groups is 3. The van der Waals surface area contributed by atoms with Gasteiger partial charge in [-0.05, 0) is 61.5 Å². The van der Waals surface area contributed by atoms with Gasteiger partial charge in [-0.15, -0.1) is 0 Å². The quantitative estimate of drug-likeness (QED) is 0.727. The van der Waals surface area contributed by atoms with Crippen molar-refractivity contribution in [2.75, 3.05) is 13.2 Å². The molecule has 0 unspecified atom stereocenters. The van der Waals surface area contributed by atoms with Crippen molar-refractivity contribution in [2.24, 2.45) is 22.7 Å². The summed E-state index contributed by atoms with van der Waals surface area (Å²) in [5.41, 5.74) is 0.130. The van der Waals surface area contributed by atoms with Crippen molar-refractivity contribution < 1.29 is 33.4 Å². The molecule has 1 aromatic rings. The van der Waals surface area contributed by atoms with Gasteiger partial charge in [-0.1, -0.05) is 6.92 Å². The number of carbonyl (C=O) groups excluding carboxylic acids is 3. The van der Waals surface area contributed by atoms with Crippen LogP contribution in [0, 0.1) is 22.7 Å². The Kier molecular flexibility index (Phi) is 5.06. The highest BCUT2D eigenvalue weighted by atomic mass is 16.5. The Labute approximate surface area is 181 Å². The summed E-state index contributed by atoms with van der Waals surface area (Å²) in [5.74, 6) is -1.58. The summed E-state index contributed by atoms with van der Waals surface area (Å²) in [5, 5.41) is 10.7. The van der Waals surface area contributed by atoms with Crippen molar-refractivity contribution in [1.82, 2.24) is 0 Å². The molecule has 0 bridgehead atoms. The molecule has 1 N–H and O–H groups in total. The molecule has 0 spiro atoms. The van der Waals surface area contributed by atoms with E-state index >= 15 is 0 Å². The van der Waals surface area contributed by atoms with Crippen molar-refractivity contribution in [2.45, 2.75) is 58.8 Å². The number of furan rings is 1. The summed E-state index contributed by atoms with van der Waals surface area (Å²) in [6.07, 6.45) is 8.20. The second-order valence-electron chi connectivity index (χ2n) is 9.85. The minimum atomic E-state index is -1.02. The topological polar surface area (TPSA) is 103 Å². The molecule has 7 nitrogen and oxygen atoms in total. The maximum Gasteiger partial charge on any atom is 0.302 e. The van der Waals surface area contributed by atoms with E-state index in [0.29, 0.717) is 12.8 Å². The number of Topliss-reactive ketones (excluding diaryl/α,β-unsaturated/α-hetero) is 1. The average Bonchev–Trinajstić information content (AvgIpc) is 3.19. The van der Waals surface area contributed by atoms with Crippen LogP contribution in [0.15, 0.2) is 28.8 Å². The number of hydrogen-bond donors (Lipinski definition) is 1. The van der Waals surface area contributed by atoms with Gasteiger partial charge in [0.2, 0.25) is 5.78 Å². The first kappa shape index (κ1) is 21.7. The van der Waals surface area contributed by atoms with E-state index in [4.69, 9.17) is 13.9 Å². The van der Waals surface area contributed by atoms with Gasteiger partial charge in [0.25, 0.3) is 0 Å². The van der Waals surface area contributed by atoms with Crippen molar-refractivity contribution in [3.05, 3.63) is 35.5 Å². The first-order valence-electron chi connectivity index (χ1n) is 10.8. The highest BCUT2D eigenvalue weighted by Crippen LogP contribution is 2.65. The van der Waals surface area contributed by atoms with Gasteiger partial charge in [-0.25, -0.2) is 0 Å². The molecular weight excluding hydrogens is 400 g/mol. The van der Waals surface area contributed by atoms with E-state index in [0.717, 1.165) is 24.0 Å². The van der Waals surface area contributed by atoms with Crippen molar-refractivity contribution >= 4 is 17.7 Å². The Balaban J connectivity index is 1.82. The Bertz CT molecular complexity index is 959. The maximum atomic E-state index is 13.1. The lowest BCUT2D eigenvalue weighted by Gasteiger charge is -2.62. The molecule has 7 heteroatoms. The minimum absolute atomic E-state index is 0.00935. The van der Waals surface area contributed by atoms with E-state index in [1.54, 1.807) is 25.5 Å². The van der Waals surface area contributed by atoms with E-state index in [1.165, 1.54) is 13.8 Å². The van der Waals surface area contributed by atoms with Crippen LogP contribution in [0.1, 0.15) is 58.1 Å². The van der Waals surface area contributed by atoms with Crippen molar-refractivity contribution in [1.29, 1.82) is 0 Å². The Hall–Kier alpha value is -2.57. The molecule has 0 radical (unpaired) electrons. The number of fused-ring (bicyclic) bond motifs is 5. The number of rotatable bonds is 4. The van der Waals surface area contributed by atoms with E-state index in [9.17, 15) is 19.5 Å². The smallest absolute Gasteiger partial charge is 0.302 e. The number of allylic oxidation sites excluding steroid dienone is 2. The molecule has 168 valence electrons. The Morgan fingerprint density at radius 1 is 1.10 bits per heavy atom. The third-order valence-corrected chi connectivity index (χ3v) is 8.11. The molecule has 4 rings (SSSR count). The largest absolute Gasteiger partial charge is 0.505 e. The normalized spacial score (nSPS) is 36.5. The van der Waals surface area contributed by atoms with Crippen LogP contribution in [0.5, 0.6) is 0 Å². The van der Waals surface area contributed by atoms with Crippen LogP contribution in [-0.2, 0) is 35.7 Å². The summed E-state index contributed by atoms with van der Waals surface area (Å²) in [6, 6.07) is 0. The average molecular weight is 430 g/mol. The second kappa shape index (κ2) is 7.24. The van der Waals surface area contributed by atoms with Crippen LogP contribution in [0.3, 0.4) is 0 Å². The minimum Gasteiger partial charge on any atom is -0.505 e. The van der Waals surface area contributed by atoms with Crippen LogP contribution >= 0.6 is 0 Å². The number of aryl methyl sites for hydroxylation is 1. The molecule has 31 heavy (non-hydrogen) atoms. The fourth-order valence-corrected chi connectivity index (χ4v) is 6.80. The molecule has 5 atom stereocenters. The molecule has 3 aliphatic rings. The van der Waals surface area contributed by atoms with Gasteiger partial charge in [-0.3, -0.25) is 14.4 Å². The molecule has 0 aromatic carbocycles. The van der Waals surface area contributed by atoms with Crippen LogP contribution in [-0.4, -0.2) is 36.0 Å². The second-order valence-corrected chi connectivity index (χ2v) is 9.85.